The molecule has 0 saturated carbocycles. The SMILES string of the molecule is O=C(NCCc1ccc(Cl)cc1Cl)N1CCCCC1. The Balaban J connectivity index is 1.78. The maximum Gasteiger partial charge on any atom is 0.317 e. The summed E-state index contributed by atoms with van der Waals surface area (Å²) in [5.41, 5.74) is 1.00. The van der Waals surface area contributed by atoms with E-state index < -0.39 is 0 Å². The normalized spacial score (nSPS) is 15.4. The number of halogens is 2. The van der Waals surface area contributed by atoms with Gasteiger partial charge in [-0.2, -0.15) is 0 Å². The minimum atomic E-state index is 0.0322. The van der Waals surface area contributed by atoms with E-state index >= 15 is 0 Å². The van der Waals surface area contributed by atoms with E-state index in [9.17, 15) is 4.79 Å². The maximum atomic E-state index is 11.9. The molecule has 0 aromatic heterocycles. The molecule has 0 spiro atoms. The summed E-state index contributed by atoms with van der Waals surface area (Å²) in [5.74, 6) is 0. The van der Waals surface area contributed by atoms with E-state index in [1.165, 1.54) is 6.42 Å². The Labute approximate surface area is 123 Å². The van der Waals surface area contributed by atoms with Gasteiger partial charge >= 0.3 is 6.03 Å². The number of nitrogens with one attached hydrogen (secondary N) is 1. The average Bonchev–Trinajstić information content (AvgIpc) is 2.42. The third-order valence-corrected chi connectivity index (χ3v) is 3.92. The number of nitrogens with zero attached hydrogens (tertiary/aromatic N) is 1. The second-order valence-electron chi connectivity index (χ2n) is 4.77. The highest BCUT2D eigenvalue weighted by Crippen LogP contribution is 2.21. The van der Waals surface area contributed by atoms with Crippen LogP contribution < -0.4 is 5.32 Å². The van der Waals surface area contributed by atoms with Crippen molar-refractivity contribution >= 4 is 29.2 Å². The summed E-state index contributed by atoms with van der Waals surface area (Å²) in [6.07, 6.45) is 4.16. The van der Waals surface area contributed by atoms with Crippen LogP contribution in [0.15, 0.2) is 18.2 Å². The van der Waals surface area contributed by atoms with Crippen LogP contribution in [-0.2, 0) is 6.42 Å². The van der Waals surface area contributed by atoms with E-state index in [2.05, 4.69) is 5.32 Å². The molecule has 1 aromatic rings. The summed E-state index contributed by atoms with van der Waals surface area (Å²) in [4.78, 5) is 13.8. The Morgan fingerprint density at radius 2 is 1.95 bits per heavy atom. The van der Waals surface area contributed by atoms with Crippen molar-refractivity contribution in [2.24, 2.45) is 0 Å². The zero-order valence-corrected chi connectivity index (χ0v) is 12.3. The highest BCUT2D eigenvalue weighted by molar-refractivity contribution is 6.35. The van der Waals surface area contributed by atoms with Crippen molar-refractivity contribution in [2.45, 2.75) is 25.7 Å². The van der Waals surface area contributed by atoms with Crippen LogP contribution in [0.25, 0.3) is 0 Å². The molecule has 2 amide bonds. The lowest BCUT2D eigenvalue weighted by Gasteiger charge is -2.26. The van der Waals surface area contributed by atoms with Crippen LogP contribution in [0.3, 0.4) is 0 Å². The van der Waals surface area contributed by atoms with E-state index in [0.717, 1.165) is 37.9 Å². The average molecular weight is 301 g/mol. The lowest BCUT2D eigenvalue weighted by atomic mass is 10.1. The second-order valence-corrected chi connectivity index (χ2v) is 5.61. The van der Waals surface area contributed by atoms with Gasteiger partial charge in [0.25, 0.3) is 0 Å². The zero-order valence-electron chi connectivity index (χ0n) is 10.8. The molecule has 1 aliphatic rings. The Morgan fingerprint density at radius 1 is 1.21 bits per heavy atom. The molecule has 19 heavy (non-hydrogen) atoms. The number of benzene rings is 1. The fourth-order valence-electron chi connectivity index (χ4n) is 2.24. The van der Waals surface area contributed by atoms with E-state index in [0.29, 0.717) is 16.6 Å². The number of carbonyl (C=O) groups is 1. The minimum absolute atomic E-state index is 0.0322. The molecule has 1 fully saturated rings. The highest BCUT2D eigenvalue weighted by Gasteiger charge is 2.15. The van der Waals surface area contributed by atoms with Gasteiger partial charge in [-0.15, -0.1) is 0 Å². The molecular weight excluding hydrogens is 283 g/mol. The predicted molar refractivity (Wildman–Crippen MR) is 79.0 cm³/mol. The van der Waals surface area contributed by atoms with E-state index in [1.54, 1.807) is 6.07 Å². The molecule has 0 bridgehead atoms. The number of amides is 2. The largest absolute Gasteiger partial charge is 0.338 e. The molecule has 3 nitrogen and oxygen atoms in total. The first-order valence-corrected chi connectivity index (χ1v) is 7.39. The molecule has 0 atom stereocenters. The van der Waals surface area contributed by atoms with Gasteiger partial charge in [0.2, 0.25) is 0 Å². The van der Waals surface area contributed by atoms with Gasteiger partial charge in [0.05, 0.1) is 0 Å². The lowest BCUT2D eigenvalue weighted by Crippen LogP contribution is -2.43. The molecule has 0 aliphatic carbocycles. The Kier molecular flexibility index (Phi) is 5.34. The molecule has 0 unspecified atom stereocenters. The molecule has 1 N–H and O–H groups in total. The van der Waals surface area contributed by atoms with E-state index in [4.69, 9.17) is 23.2 Å². The Bertz CT molecular complexity index is 445. The van der Waals surface area contributed by atoms with Crippen LogP contribution in [0.2, 0.25) is 10.0 Å². The number of hydrogen-bond acceptors (Lipinski definition) is 1. The maximum absolute atomic E-state index is 11.9. The summed E-state index contributed by atoms with van der Waals surface area (Å²) in [7, 11) is 0. The fraction of sp³-hybridized carbons (Fsp3) is 0.500. The Morgan fingerprint density at radius 3 is 2.63 bits per heavy atom. The number of piperidine rings is 1. The van der Waals surface area contributed by atoms with E-state index in [-0.39, 0.29) is 6.03 Å². The molecule has 1 saturated heterocycles. The molecular formula is C14H18Cl2N2O. The number of likely N-dealkylation sites (tertiary alicyclic amines) is 1. The number of hydrogen-bond donors (Lipinski definition) is 1. The van der Waals surface area contributed by atoms with Crippen molar-refractivity contribution in [3.05, 3.63) is 33.8 Å². The summed E-state index contributed by atoms with van der Waals surface area (Å²) in [6, 6.07) is 5.47. The van der Waals surface area contributed by atoms with Crippen LogP contribution in [0.4, 0.5) is 4.79 Å². The molecule has 1 aliphatic heterocycles. The van der Waals surface area contributed by atoms with Crippen molar-refractivity contribution in [1.82, 2.24) is 10.2 Å². The van der Waals surface area contributed by atoms with Gasteiger partial charge in [-0.1, -0.05) is 29.3 Å². The van der Waals surface area contributed by atoms with Gasteiger partial charge in [0.15, 0.2) is 0 Å². The molecule has 0 radical (unpaired) electrons. The van der Waals surface area contributed by atoms with Crippen molar-refractivity contribution in [3.63, 3.8) is 0 Å². The second kappa shape index (κ2) is 7.01. The lowest BCUT2D eigenvalue weighted by molar-refractivity contribution is 0.186. The predicted octanol–water partition coefficient (Wildman–Crippen LogP) is 3.73. The Hall–Kier alpha value is -0.930. The van der Waals surface area contributed by atoms with Crippen molar-refractivity contribution in [3.8, 4) is 0 Å². The molecule has 2 rings (SSSR count). The first kappa shape index (κ1) is 14.5. The van der Waals surface area contributed by atoms with Gasteiger partial charge in [-0.05, 0) is 43.4 Å². The summed E-state index contributed by atoms with van der Waals surface area (Å²) >= 11 is 11.9. The smallest absolute Gasteiger partial charge is 0.317 e. The van der Waals surface area contributed by atoms with Crippen LogP contribution >= 0.6 is 23.2 Å². The summed E-state index contributed by atoms with van der Waals surface area (Å²) < 4.78 is 0. The first-order chi connectivity index (χ1) is 9.16. The molecule has 104 valence electrons. The number of urea groups is 1. The van der Waals surface area contributed by atoms with Gasteiger partial charge in [0, 0.05) is 29.7 Å². The highest BCUT2D eigenvalue weighted by atomic mass is 35.5. The third kappa shape index (κ3) is 4.29. The van der Waals surface area contributed by atoms with Gasteiger partial charge in [0.1, 0.15) is 0 Å². The summed E-state index contributed by atoms with van der Waals surface area (Å²) in [5, 5.41) is 4.22. The topological polar surface area (TPSA) is 32.3 Å². The van der Waals surface area contributed by atoms with Gasteiger partial charge < -0.3 is 10.2 Å². The zero-order chi connectivity index (χ0) is 13.7. The van der Waals surface area contributed by atoms with Crippen LogP contribution in [0.5, 0.6) is 0 Å². The van der Waals surface area contributed by atoms with Crippen molar-refractivity contribution in [2.75, 3.05) is 19.6 Å². The third-order valence-electron chi connectivity index (χ3n) is 3.33. The monoisotopic (exact) mass is 300 g/mol. The van der Waals surface area contributed by atoms with Crippen molar-refractivity contribution in [1.29, 1.82) is 0 Å². The number of rotatable bonds is 3. The molecule has 5 heteroatoms. The molecule has 1 heterocycles. The standard InChI is InChI=1S/C14H18Cl2N2O/c15-12-5-4-11(13(16)10-12)6-7-17-14(19)18-8-2-1-3-9-18/h4-5,10H,1-3,6-9H2,(H,17,19). The van der Waals surface area contributed by atoms with Gasteiger partial charge in [-0.25, -0.2) is 4.79 Å². The van der Waals surface area contributed by atoms with Crippen LogP contribution in [0.1, 0.15) is 24.8 Å². The minimum Gasteiger partial charge on any atom is -0.338 e. The van der Waals surface area contributed by atoms with Crippen molar-refractivity contribution < 1.29 is 4.79 Å². The molecule has 1 aromatic carbocycles. The van der Waals surface area contributed by atoms with E-state index in [1.807, 2.05) is 17.0 Å². The van der Waals surface area contributed by atoms with Gasteiger partial charge in [-0.3, -0.25) is 0 Å². The van der Waals surface area contributed by atoms with Crippen LogP contribution in [-0.4, -0.2) is 30.6 Å². The first-order valence-electron chi connectivity index (χ1n) is 6.63. The quantitative estimate of drug-likeness (QED) is 0.906. The number of carbonyl (C=O) groups excluding carboxylic acids is 1. The van der Waals surface area contributed by atoms with Crippen LogP contribution in [0, 0.1) is 0 Å². The summed E-state index contributed by atoms with van der Waals surface area (Å²) in [6.45, 7) is 2.33. The fourth-order valence-corrected chi connectivity index (χ4v) is 2.74.